The van der Waals surface area contributed by atoms with Crippen molar-refractivity contribution < 1.29 is 9.90 Å². The number of nitrogens with zero attached hydrogens (tertiary/aromatic N) is 2. The summed E-state index contributed by atoms with van der Waals surface area (Å²) in [4.78, 5) is 18.5. The fourth-order valence-corrected chi connectivity index (χ4v) is 1.20. The van der Waals surface area contributed by atoms with Crippen molar-refractivity contribution in [3.05, 3.63) is 23.9 Å². The molecule has 4 nitrogen and oxygen atoms in total. The SMILES string of the molecule is O=C(O)[C@H]1C=CC=C2N=CN=C21. The molecule has 1 N–H and O–H groups in total. The predicted octanol–water partition coefficient (Wildman–Crippen LogP) is 0.624. The van der Waals surface area contributed by atoms with Crippen LogP contribution in [0.25, 0.3) is 0 Å². The molecule has 0 bridgehead atoms. The number of allylic oxidation sites excluding steroid dienone is 3. The second-order valence-electron chi connectivity index (χ2n) is 2.51. The van der Waals surface area contributed by atoms with Crippen molar-refractivity contribution in [2.24, 2.45) is 15.9 Å². The molecule has 0 unspecified atom stereocenters. The van der Waals surface area contributed by atoms with Crippen LogP contribution in [0.5, 0.6) is 0 Å². The van der Waals surface area contributed by atoms with E-state index in [0.29, 0.717) is 11.4 Å². The van der Waals surface area contributed by atoms with Crippen LogP contribution in [0.15, 0.2) is 33.9 Å². The number of rotatable bonds is 1. The molecule has 2 rings (SSSR count). The van der Waals surface area contributed by atoms with Crippen molar-refractivity contribution in [2.45, 2.75) is 0 Å². The Morgan fingerprint density at radius 1 is 1.58 bits per heavy atom. The summed E-state index contributed by atoms with van der Waals surface area (Å²) in [6.07, 6.45) is 6.42. The fourth-order valence-electron chi connectivity index (χ4n) is 1.20. The fraction of sp³-hybridized carbons (Fsp3) is 0.125. The molecule has 1 atom stereocenters. The molecule has 0 saturated heterocycles. The third-order valence-electron chi connectivity index (χ3n) is 1.77. The summed E-state index contributed by atoms with van der Waals surface area (Å²) < 4.78 is 0. The lowest BCUT2D eigenvalue weighted by atomic mass is 9.96. The zero-order chi connectivity index (χ0) is 8.55. The predicted molar refractivity (Wildman–Crippen MR) is 44.3 cm³/mol. The summed E-state index contributed by atoms with van der Waals surface area (Å²) in [6, 6.07) is 0. The standard InChI is InChI=1S/C8H6N2O2/c11-8(12)5-2-1-3-6-7(5)10-4-9-6/h1-5H,(H,11,12)/t5-/m0/s1. The molecule has 60 valence electrons. The normalized spacial score (nSPS) is 24.8. The molecule has 0 aromatic carbocycles. The molecule has 12 heavy (non-hydrogen) atoms. The summed E-state index contributed by atoms with van der Waals surface area (Å²) in [5.74, 6) is -1.52. The van der Waals surface area contributed by atoms with Crippen LogP contribution < -0.4 is 0 Å². The van der Waals surface area contributed by atoms with Crippen LogP contribution in [0.2, 0.25) is 0 Å². The van der Waals surface area contributed by atoms with Crippen molar-refractivity contribution in [3.63, 3.8) is 0 Å². The molecular formula is C8H6N2O2. The highest BCUT2D eigenvalue weighted by Crippen LogP contribution is 2.20. The molecule has 0 radical (unpaired) electrons. The summed E-state index contributed by atoms with van der Waals surface area (Å²) in [7, 11) is 0. The van der Waals surface area contributed by atoms with Gasteiger partial charge in [0.2, 0.25) is 0 Å². The second kappa shape index (κ2) is 2.41. The van der Waals surface area contributed by atoms with Crippen molar-refractivity contribution in [1.29, 1.82) is 0 Å². The van der Waals surface area contributed by atoms with E-state index in [9.17, 15) is 4.79 Å². The summed E-state index contributed by atoms with van der Waals surface area (Å²) >= 11 is 0. The minimum Gasteiger partial charge on any atom is -0.481 e. The molecule has 0 aromatic rings. The highest BCUT2D eigenvalue weighted by atomic mass is 16.4. The summed E-state index contributed by atoms with van der Waals surface area (Å²) in [6.45, 7) is 0. The molecule has 1 aliphatic heterocycles. The largest absolute Gasteiger partial charge is 0.481 e. The lowest BCUT2D eigenvalue weighted by Crippen LogP contribution is -2.23. The maximum atomic E-state index is 10.7. The van der Waals surface area contributed by atoms with Crippen LogP contribution in [-0.2, 0) is 4.79 Å². The number of hydrogen-bond acceptors (Lipinski definition) is 3. The van der Waals surface area contributed by atoms with Crippen molar-refractivity contribution in [2.75, 3.05) is 0 Å². The van der Waals surface area contributed by atoms with Gasteiger partial charge in [-0.3, -0.25) is 4.79 Å². The molecule has 1 aliphatic carbocycles. The Morgan fingerprint density at radius 2 is 2.42 bits per heavy atom. The van der Waals surface area contributed by atoms with Gasteiger partial charge >= 0.3 is 5.97 Å². The van der Waals surface area contributed by atoms with Crippen LogP contribution in [0.3, 0.4) is 0 Å². The topological polar surface area (TPSA) is 62.0 Å². The first-order valence-corrected chi connectivity index (χ1v) is 3.51. The Bertz CT molecular complexity index is 350. The van der Waals surface area contributed by atoms with Gasteiger partial charge in [0.1, 0.15) is 12.3 Å². The zero-order valence-corrected chi connectivity index (χ0v) is 6.14. The highest BCUT2D eigenvalue weighted by molar-refractivity contribution is 6.18. The van der Waals surface area contributed by atoms with E-state index in [4.69, 9.17) is 5.11 Å². The first-order chi connectivity index (χ1) is 5.79. The second-order valence-corrected chi connectivity index (χ2v) is 2.51. The summed E-state index contributed by atoms with van der Waals surface area (Å²) in [5, 5.41) is 8.77. The molecule has 0 amide bonds. The number of carboxylic acids is 1. The van der Waals surface area contributed by atoms with E-state index < -0.39 is 11.9 Å². The maximum Gasteiger partial charge on any atom is 0.316 e. The van der Waals surface area contributed by atoms with E-state index in [0.717, 1.165) is 0 Å². The first kappa shape index (κ1) is 6.97. The number of carboxylic acid groups (broad SMARTS) is 1. The minimum absolute atomic E-state index is 0.532. The van der Waals surface area contributed by atoms with Gasteiger partial charge in [-0.25, -0.2) is 9.98 Å². The third kappa shape index (κ3) is 0.887. The minimum atomic E-state index is -0.888. The van der Waals surface area contributed by atoms with Crippen molar-refractivity contribution in [1.82, 2.24) is 0 Å². The molecule has 0 fully saturated rings. The Morgan fingerprint density at radius 3 is 3.17 bits per heavy atom. The average molecular weight is 162 g/mol. The van der Waals surface area contributed by atoms with Gasteiger partial charge in [-0.05, 0) is 6.08 Å². The van der Waals surface area contributed by atoms with E-state index in [1.54, 1.807) is 18.2 Å². The van der Waals surface area contributed by atoms with E-state index in [1.807, 2.05) is 0 Å². The average Bonchev–Trinajstić information content (AvgIpc) is 2.49. The highest BCUT2D eigenvalue weighted by Gasteiger charge is 2.27. The Balaban J connectivity index is 2.39. The van der Waals surface area contributed by atoms with E-state index in [-0.39, 0.29) is 0 Å². The van der Waals surface area contributed by atoms with E-state index in [2.05, 4.69) is 9.98 Å². The summed E-state index contributed by atoms with van der Waals surface area (Å²) in [5.41, 5.74) is 1.19. The molecule has 0 spiro atoms. The maximum absolute atomic E-state index is 10.7. The van der Waals surface area contributed by atoms with Gasteiger partial charge in [-0.1, -0.05) is 12.2 Å². The van der Waals surface area contributed by atoms with Gasteiger partial charge in [0.15, 0.2) is 0 Å². The number of aliphatic carboxylic acids is 1. The van der Waals surface area contributed by atoms with Gasteiger partial charge in [0.25, 0.3) is 0 Å². The lowest BCUT2D eigenvalue weighted by molar-refractivity contribution is -0.138. The van der Waals surface area contributed by atoms with Crippen molar-refractivity contribution in [3.8, 4) is 0 Å². The van der Waals surface area contributed by atoms with Crippen LogP contribution >= 0.6 is 0 Å². The van der Waals surface area contributed by atoms with Gasteiger partial charge in [0, 0.05) is 0 Å². The Labute approximate surface area is 68.6 Å². The monoisotopic (exact) mass is 162 g/mol. The van der Waals surface area contributed by atoms with Crippen LogP contribution in [-0.4, -0.2) is 23.1 Å². The molecule has 0 aromatic heterocycles. The number of hydrogen-bond donors (Lipinski definition) is 1. The molecular weight excluding hydrogens is 156 g/mol. The van der Waals surface area contributed by atoms with E-state index >= 15 is 0 Å². The number of aliphatic imine (C=N–C) groups is 2. The molecule has 4 heteroatoms. The van der Waals surface area contributed by atoms with Crippen LogP contribution in [0, 0.1) is 5.92 Å². The van der Waals surface area contributed by atoms with Crippen molar-refractivity contribution >= 4 is 18.0 Å². The number of fused-ring (bicyclic) bond motifs is 1. The Hall–Kier alpha value is -1.71. The number of carbonyl (C=O) groups is 1. The zero-order valence-electron chi connectivity index (χ0n) is 6.14. The first-order valence-electron chi connectivity index (χ1n) is 3.51. The lowest BCUT2D eigenvalue weighted by Gasteiger charge is -2.10. The van der Waals surface area contributed by atoms with Crippen LogP contribution in [0.4, 0.5) is 0 Å². The molecule has 2 aliphatic rings. The van der Waals surface area contributed by atoms with Gasteiger partial charge in [0.05, 0.1) is 11.4 Å². The smallest absolute Gasteiger partial charge is 0.316 e. The van der Waals surface area contributed by atoms with Gasteiger partial charge < -0.3 is 5.11 Å². The van der Waals surface area contributed by atoms with Crippen LogP contribution in [0.1, 0.15) is 0 Å². The molecule has 0 saturated carbocycles. The third-order valence-corrected chi connectivity index (χ3v) is 1.77. The quantitative estimate of drug-likeness (QED) is 0.614. The molecule has 1 heterocycles. The van der Waals surface area contributed by atoms with E-state index in [1.165, 1.54) is 6.34 Å². The Kier molecular flexibility index (Phi) is 1.40. The van der Waals surface area contributed by atoms with Gasteiger partial charge in [-0.15, -0.1) is 0 Å². The van der Waals surface area contributed by atoms with Gasteiger partial charge in [-0.2, -0.15) is 0 Å².